The molecule has 0 saturated carbocycles. The average Bonchev–Trinajstić information content (AvgIpc) is 2.00. The van der Waals surface area contributed by atoms with Crippen molar-refractivity contribution in [2.45, 2.75) is 0 Å². The van der Waals surface area contributed by atoms with Crippen LogP contribution in [0.1, 0.15) is 0 Å². The largest absolute Gasteiger partial charge is 0.309 e. The van der Waals surface area contributed by atoms with Gasteiger partial charge in [0.2, 0.25) is 0 Å². The van der Waals surface area contributed by atoms with Crippen LogP contribution in [0.25, 0.3) is 133 Å². The first kappa shape index (κ1) is 46.7. The quantitative estimate of drug-likeness (QED) is 0.135. The Labute approximate surface area is 477 Å². The van der Waals surface area contributed by atoms with Gasteiger partial charge < -0.3 is 9.13 Å². The molecule has 0 aliphatic rings. The predicted octanol–water partition coefficient (Wildman–Crippen LogP) is 15.5. The van der Waals surface area contributed by atoms with Crippen molar-refractivity contribution in [3.8, 4) is 45.8 Å². The minimum Gasteiger partial charge on any atom is -0.309 e. The number of hydrogen-bond donors (Lipinski definition) is 0. The van der Waals surface area contributed by atoms with E-state index in [0.717, 1.165) is 107 Å². The van der Waals surface area contributed by atoms with Gasteiger partial charge in [-0.3, -0.25) is 19.1 Å². The first-order valence-corrected chi connectivity index (χ1v) is 28.2. The van der Waals surface area contributed by atoms with Crippen LogP contribution in [0.5, 0.6) is 0 Å². The van der Waals surface area contributed by atoms with E-state index >= 15 is 0 Å². The van der Waals surface area contributed by atoms with Crippen molar-refractivity contribution in [3.63, 3.8) is 0 Å². The maximum Gasteiger partial charge on any atom is 0.288 e. The maximum atomic E-state index is 5.52. The molecule has 0 atom stereocenters. The van der Waals surface area contributed by atoms with Crippen LogP contribution in [0.3, 0.4) is 0 Å². The van der Waals surface area contributed by atoms with E-state index in [0.29, 0.717) is 0 Å². The minimum atomic E-state index is -0.303. The lowest BCUT2D eigenvalue weighted by Gasteiger charge is -2.16. The van der Waals surface area contributed by atoms with Crippen molar-refractivity contribution in [2.24, 2.45) is 0 Å². The number of rotatable bonds is 9. The fourth-order valence-corrected chi connectivity index (χ4v) is 13.2. The molecule has 0 saturated heterocycles. The number of para-hydroxylation sites is 6. The zero-order valence-electron chi connectivity index (χ0n) is 44.8. The van der Waals surface area contributed by atoms with Crippen LogP contribution in [-0.4, -0.2) is 44.9 Å². The van der Waals surface area contributed by atoms with E-state index in [9.17, 15) is 0 Å². The zero-order valence-corrected chi connectivity index (χ0v) is 44.8. The van der Waals surface area contributed by atoms with Crippen LogP contribution in [0.2, 0.25) is 0 Å². The number of nitrogens with zero attached hydrogens (tertiary/aromatic N) is 8. The van der Waals surface area contributed by atoms with Crippen molar-refractivity contribution >= 4 is 111 Å². The van der Waals surface area contributed by atoms with E-state index in [2.05, 4.69) is 303 Å². The molecule has 17 aromatic rings. The summed E-state index contributed by atoms with van der Waals surface area (Å²) in [7, 11) is 0. The van der Waals surface area contributed by atoms with Gasteiger partial charge >= 0.3 is 0 Å². The highest BCUT2D eigenvalue weighted by atomic mass is 15.1. The van der Waals surface area contributed by atoms with Gasteiger partial charge in [-0.2, -0.15) is 0 Å². The van der Waals surface area contributed by atoms with Crippen molar-refractivity contribution in [3.05, 3.63) is 285 Å². The molecule has 0 aliphatic heterocycles. The van der Waals surface area contributed by atoms with Crippen LogP contribution >= 0.6 is 0 Å². The minimum absolute atomic E-state index is 0.303. The number of fused-ring (bicyclic) bond motifs is 14. The molecule has 0 spiro atoms. The third-order valence-corrected chi connectivity index (χ3v) is 16.7. The molecule has 8 nitrogen and oxygen atoms in total. The molecular weight excluding hydrogens is 1010 g/mol. The smallest absolute Gasteiger partial charge is 0.288 e. The highest BCUT2D eigenvalue weighted by Gasteiger charge is 2.28. The second-order valence-corrected chi connectivity index (χ2v) is 21.3. The lowest BCUT2D eigenvalue weighted by Crippen LogP contribution is -2.54. The third kappa shape index (κ3) is 7.27. The van der Waals surface area contributed by atoms with Gasteiger partial charge in [-0.1, -0.05) is 181 Å². The summed E-state index contributed by atoms with van der Waals surface area (Å²) in [5, 5.41) is 9.44. The van der Waals surface area contributed by atoms with Crippen LogP contribution in [0.4, 0.5) is 0 Å². The van der Waals surface area contributed by atoms with Gasteiger partial charge in [0, 0.05) is 65.7 Å². The lowest BCUT2D eigenvalue weighted by atomic mass is 9.40. The first-order valence-electron chi connectivity index (χ1n) is 28.2. The molecule has 0 fully saturated rings. The Kier molecular flexibility index (Phi) is 10.5. The molecule has 8 heterocycles. The first-order chi connectivity index (χ1) is 41.2. The van der Waals surface area contributed by atoms with Crippen LogP contribution in [0.15, 0.2) is 285 Å². The Bertz CT molecular complexity index is 5090. The summed E-state index contributed by atoms with van der Waals surface area (Å²) < 4.78 is 9.45. The molecule has 0 amide bonds. The Hall–Kier alpha value is -11.2. The maximum absolute atomic E-state index is 5.52. The number of pyridine rings is 4. The summed E-state index contributed by atoms with van der Waals surface area (Å²) in [4.78, 5) is 22.1. The molecule has 0 radical (unpaired) electrons. The molecule has 9 aromatic carbocycles. The van der Waals surface area contributed by atoms with E-state index in [1.54, 1.807) is 0 Å². The fourth-order valence-electron chi connectivity index (χ4n) is 13.2. The molecule has 0 bridgehead atoms. The van der Waals surface area contributed by atoms with Gasteiger partial charge in [0.1, 0.15) is 11.6 Å². The van der Waals surface area contributed by atoms with Crippen molar-refractivity contribution < 1.29 is 0 Å². The predicted molar refractivity (Wildman–Crippen MR) is 343 cm³/mol. The number of benzene rings is 9. The Morgan fingerprint density at radius 2 is 0.578 bits per heavy atom. The number of hydrogen-bond acceptors (Lipinski definition) is 4. The fraction of sp³-hybridized carbons (Fsp3) is 0. The van der Waals surface area contributed by atoms with Crippen LogP contribution in [-0.2, 0) is 0 Å². The summed E-state index contributed by atoms with van der Waals surface area (Å²) in [6, 6.07) is 101. The third-order valence-electron chi connectivity index (χ3n) is 16.7. The van der Waals surface area contributed by atoms with E-state index in [-0.39, 0.29) is 6.71 Å². The standard InChI is InChI=1S/C74H47BN8/c1-4-22-48(23-5-1)75(67-40-18-32-57(76-67)59-34-20-42-69(78-59)82-61-36-14-10-28-51(61)53-44-46-65-71(73(53)82)55-30-12-16-38-63(55)80(65)49-24-6-2-7-25-49)68-41-19-33-58(77-68)60-35-21-43-70(79-60)83-62-37-15-11-29-52(62)54-45-47-66-72(74(54)83)56-31-13-17-39-64(56)81(66)50-26-8-3-9-27-50/h1-47H. The molecule has 17 rings (SSSR count). The Morgan fingerprint density at radius 1 is 0.229 bits per heavy atom. The van der Waals surface area contributed by atoms with Gasteiger partial charge in [0.25, 0.3) is 6.71 Å². The summed E-state index contributed by atoms with van der Waals surface area (Å²) in [5.74, 6) is 1.64. The normalized spacial score (nSPS) is 11.9. The van der Waals surface area contributed by atoms with Gasteiger partial charge in [-0.25, -0.2) is 9.97 Å². The highest BCUT2D eigenvalue weighted by Crippen LogP contribution is 2.44. The Balaban J connectivity index is 0.789. The molecule has 83 heavy (non-hydrogen) atoms. The summed E-state index contributed by atoms with van der Waals surface area (Å²) in [5.41, 5.74) is 17.2. The van der Waals surface area contributed by atoms with Crippen molar-refractivity contribution in [1.29, 1.82) is 0 Å². The van der Waals surface area contributed by atoms with Gasteiger partial charge in [-0.05, 0) is 109 Å². The zero-order chi connectivity index (χ0) is 54.5. The molecule has 8 aromatic heterocycles. The highest BCUT2D eigenvalue weighted by molar-refractivity contribution is 6.94. The SMILES string of the molecule is c1ccc(B(c2cccc(-c3cccc(-n4c5ccccc5c5ccc6c(c7ccccc7n6-c6ccccc6)c54)n3)n2)c2cccc(-c3cccc(-n4c5ccccc5c5ccc6c(c7ccccc7n6-c6ccccc6)c54)n3)n2)cc1. The monoisotopic (exact) mass is 1060 g/mol. The van der Waals surface area contributed by atoms with Gasteiger partial charge in [0.05, 0.1) is 66.9 Å². The second-order valence-electron chi connectivity index (χ2n) is 21.3. The summed E-state index contributed by atoms with van der Waals surface area (Å²) >= 11 is 0. The molecule has 0 aliphatic carbocycles. The topological polar surface area (TPSA) is 71.3 Å². The average molecular weight is 1060 g/mol. The summed E-state index contributed by atoms with van der Waals surface area (Å²) in [6.45, 7) is -0.303. The Morgan fingerprint density at radius 3 is 1.01 bits per heavy atom. The summed E-state index contributed by atoms with van der Waals surface area (Å²) in [6.07, 6.45) is 0. The van der Waals surface area contributed by atoms with E-state index < -0.39 is 0 Å². The molecule has 0 unspecified atom stereocenters. The molecule has 386 valence electrons. The van der Waals surface area contributed by atoms with Crippen LogP contribution < -0.4 is 16.6 Å². The van der Waals surface area contributed by atoms with Gasteiger partial charge in [-0.15, -0.1) is 0 Å². The van der Waals surface area contributed by atoms with Gasteiger partial charge in [0.15, 0.2) is 0 Å². The van der Waals surface area contributed by atoms with E-state index in [1.807, 2.05) is 0 Å². The lowest BCUT2D eigenvalue weighted by molar-refractivity contribution is 1.08. The molecule has 0 N–H and O–H groups in total. The molecular formula is C74H47BN8. The van der Waals surface area contributed by atoms with E-state index in [1.165, 1.54) is 43.1 Å². The second kappa shape index (κ2) is 18.7. The molecule has 9 heteroatoms. The van der Waals surface area contributed by atoms with Crippen molar-refractivity contribution in [1.82, 2.24) is 38.2 Å². The van der Waals surface area contributed by atoms with Crippen LogP contribution in [0, 0.1) is 0 Å². The number of aromatic nitrogens is 8. The van der Waals surface area contributed by atoms with E-state index in [4.69, 9.17) is 19.9 Å². The van der Waals surface area contributed by atoms with Crippen molar-refractivity contribution in [2.75, 3.05) is 0 Å².